The normalized spacial score (nSPS) is 24.8. The predicted molar refractivity (Wildman–Crippen MR) is 77.0 cm³/mol. The molecule has 0 aromatic rings. The lowest BCUT2D eigenvalue weighted by atomic mass is 9.88. The molecule has 0 unspecified atom stereocenters. The molecule has 114 valence electrons. The smallest absolute Gasteiger partial charge is 0.279 e. The minimum absolute atomic E-state index is 0.190. The van der Waals surface area contributed by atoms with Gasteiger partial charge in [0.1, 0.15) is 0 Å². The molecule has 1 rings (SSSR count). The lowest BCUT2D eigenvalue weighted by Crippen LogP contribution is -2.43. The van der Waals surface area contributed by atoms with Crippen LogP contribution in [0.1, 0.15) is 52.4 Å². The van der Waals surface area contributed by atoms with Gasteiger partial charge in [0.2, 0.25) is 0 Å². The van der Waals surface area contributed by atoms with Gasteiger partial charge in [-0.25, -0.2) is 4.72 Å². The van der Waals surface area contributed by atoms with Crippen molar-refractivity contribution in [1.29, 1.82) is 0 Å². The van der Waals surface area contributed by atoms with Gasteiger partial charge in [0, 0.05) is 19.6 Å². The van der Waals surface area contributed by atoms with Crippen LogP contribution in [0, 0.1) is 5.92 Å². The number of aliphatic hydroxyl groups is 1. The summed E-state index contributed by atoms with van der Waals surface area (Å²) in [6.45, 7) is 5.62. The van der Waals surface area contributed by atoms with E-state index in [4.69, 9.17) is 0 Å². The van der Waals surface area contributed by atoms with Gasteiger partial charge in [-0.3, -0.25) is 0 Å². The minimum Gasteiger partial charge on any atom is -0.393 e. The number of aliphatic hydroxyl groups excluding tert-OH is 1. The summed E-state index contributed by atoms with van der Waals surface area (Å²) in [5.41, 5.74) is 0. The van der Waals surface area contributed by atoms with Gasteiger partial charge in [0.05, 0.1) is 6.10 Å². The first-order chi connectivity index (χ1) is 8.99. The lowest BCUT2D eigenvalue weighted by molar-refractivity contribution is 0.109. The van der Waals surface area contributed by atoms with Crippen LogP contribution in [0.5, 0.6) is 0 Å². The summed E-state index contributed by atoms with van der Waals surface area (Å²) >= 11 is 0. The van der Waals surface area contributed by atoms with Crippen molar-refractivity contribution in [3.05, 3.63) is 0 Å². The molecule has 0 aromatic carbocycles. The maximum absolute atomic E-state index is 12.2. The summed E-state index contributed by atoms with van der Waals surface area (Å²) in [5.74, 6) is 0.364. The van der Waals surface area contributed by atoms with Crippen molar-refractivity contribution in [2.24, 2.45) is 5.92 Å². The monoisotopic (exact) mass is 292 g/mol. The van der Waals surface area contributed by atoms with Crippen LogP contribution < -0.4 is 4.72 Å². The quantitative estimate of drug-likeness (QED) is 0.712. The Bertz CT molecular complexity index is 332. The maximum atomic E-state index is 12.2. The van der Waals surface area contributed by atoms with E-state index >= 15 is 0 Å². The van der Waals surface area contributed by atoms with Gasteiger partial charge in [-0.05, 0) is 44.4 Å². The van der Waals surface area contributed by atoms with Gasteiger partial charge in [-0.1, -0.05) is 13.8 Å². The van der Waals surface area contributed by atoms with Gasteiger partial charge >= 0.3 is 0 Å². The summed E-state index contributed by atoms with van der Waals surface area (Å²) < 4.78 is 28.6. The molecule has 1 aliphatic rings. The van der Waals surface area contributed by atoms with Crippen LogP contribution >= 0.6 is 0 Å². The largest absolute Gasteiger partial charge is 0.393 e. The standard InChI is InChI=1S/C13H28N2O3S/c1-3-9-15(10-4-2)19(17,18)14-11-12-5-7-13(16)8-6-12/h12-14,16H,3-11H2,1-2H3. The third kappa shape index (κ3) is 5.77. The van der Waals surface area contributed by atoms with Crippen LogP contribution in [0.25, 0.3) is 0 Å². The van der Waals surface area contributed by atoms with Gasteiger partial charge < -0.3 is 5.11 Å². The number of hydrogen-bond donors (Lipinski definition) is 2. The van der Waals surface area contributed by atoms with Crippen molar-refractivity contribution in [3.8, 4) is 0 Å². The molecule has 19 heavy (non-hydrogen) atoms. The third-order valence-electron chi connectivity index (χ3n) is 3.66. The molecule has 0 bridgehead atoms. The molecule has 1 saturated carbocycles. The van der Waals surface area contributed by atoms with Crippen LogP contribution in [-0.4, -0.2) is 43.6 Å². The molecular weight excluding hydrogens is 264 g/mol. The van der Waals surface area contributed by atoms with Gasteiger partial charge in [0.15, 0.2) is 0 Å². The van der Waals surface area contributed by atoms with E-state index < -0.39 is 10.2 Å². The van der Waals surface area contributed by atoms with Crippen LogP contribution in [-0.2, 0) is 10.2 Å². The average Bonchev–Trinajstić information content (AvgIpc) is 2.38. The first-order valence-electron chi connectivity index (χ1n) is 7.42. The van der Waals surface area contributed by atoms with Crippen molar-refractivity contribution in [1.82, 2.24) is 9.03 Å². The molecule has 0 aliphatic heterocycles. The Balaban J connectivity index is 2.44. The molecule has 0 radical (unpaired) electrons. The molecule has 1 aliphatic carbocycles. The fraction of sp³-hybridized carbons (Fsp3) is 1.00. The van der Waals surface area contributed by atoms with Crippen LogP contribution in [0.2, 0.25) is 0 Å². The highest BCUT2D eigenvalue weighted by molar-refractivity contribution is 7.87. The molecule has 1 fully saturated rings. The van der Waals surface area contributed by atoms with Crippen molar-refractivity contribution in [2.75, 3.05) is 19.6 Å². The zero-order chi connectivity index (χ0) is 14.3. The number of nitrogens with zero attached hydrogens (tertiary/aromatic N) is 1. The first kappa shape index (κ1) is 16.9. The van der Waals surface area contributed by atoms with Crippen LogP contribution in [0.3, 0.4) is 0 Å². The predicted octanol–water partition coefficient (Wildman–Crippen LogP) is 1.49. The second-order valence-electron chi connectivity index (χ2n) is 5.43. The molecule has 0 saturated heterocycles. The minimum atomic E-state index is -3.34. The molecule has 0 atom stereocenters. The van der Waals surface area contributed by atoms with E-state index in [1.165, 1.54) is 4.31 Å². The topological polar surface area (TPSA) is 69.6 Å². The van der Waals surface area contributed by atoms with E-state index in [0.29, 0.717) is 25.6 Å². The van der Waals surface area contributed by atoms with E-state index in [9.17, 15) is 13.5 Å². The van der Waals surface area contributed by atoms with Crippen molar-refractivity contribution in [2.45, 2.75) is 58.5 Å². The van der Waals surface area contributed by atoms with Gasteiger partial charge in [-0.15, -0.1) is 0 Å². The Morgan fingerprint density at radius 3 is 2.11 bits per heavy atom. The van der Waals surface area contributed by atoms with E-state index in [2.05, 4.69) is 4.72 Å². The molecule has 5 nitrogen and oxygen atoms in total. The number of nitrogens with one attached hydrogen (secondary N) is 1. The Labute approximate surface area is 117 Å². The average molecular weight is 292 g/mol. The number of rotatable bonds is 8. The van der Waals surface area contributed by atoms with Crippen LogP contribution in [0.4, 0.5) is 0 Å². The Hall–Kier alpha value is -0.170. The zero-order valence-electron chi connectivity index (χ0n) is 12.1. The zero-order valence-corrected chi connectivity index (χ0v) is 13.0. The Kier molecular flexibility index (Phi) is 7.28. The van der Waals surface area contributed by atoms with Crippen molar-refractivity contribution < 1.29 is 13.5 Å². The van der Waals surface area contributed by atoms with E-state index in [1.54, 1.807) is 0 Å². The SMILES string of the molecule is CCCN(CCC)S(=O)(=O)NCC1CCC(O)CC1. The second-order valence-corrected chi connectivity index (χ2v) is 7.18. The molecule has 0 aromatic heterocycles. The van der Waals surface area contributed by atoms with Gasteiger partial charge in [-0.2, -0.15) is 12.7 Å². The molecular formula is C13H28N2O3S. The van der Waals surface area contributed by atoms with Gasteiger partial charge in [0.25, 0.3) is 10.2 Å². The molecule has 0 spiro atoms. The lowest BCUT2D eigenvalue weighted by Gasteiger charge is -2.27. The van der Waals surface area contributed by atoms with Crippen molar-refractivity contribution >= 4 is 10.2 Å². The Morgan fingerprint density at radius 1 is 1.11 bits per heavy atom. The fourth-order valence-electron chi connectivity index (χ4n) is 2.51. The molecule has 0 amide bonds. The highest BCUT2D eigenvalue weighted by Crippen LogP contribution is 2.23. The molecule has 0 heterocycles. The summed E-state index contributed by atoms with van der Waals surface area (Å²) in [7, 11) is -3.34. The van der Waals surface area contributed by atoms with E-state index in [0.717, 1.165) is 38.5 Å². The summed E-state index contributed by atoms with van der Waals surface area (Å²) in [5, 5.41) is 9.44. The van der Waals surface area contributed by atoms with E-state index in [-0.39, 0.29) is 6.10 Å². The highest BCUT2D eigenvalue weighted by Gasteiger charge is 2.24. The third-order valence-corrected chi connectivity index (χ3v) is 5.23. The number of hydrogen-bond acceptors (Lipinski definition) is 3. The summed E-state index contributed by atoms with van der Waals surface area (Å²) in [6, 6.07) is 0. The van der Waals surface area contributed by atoms with E-state index in [1.807, 2.05) is 13.8 Å². The highest BCUT2D eigenvalue weighted by atomic mass is 32.2. The summed E-state index contributed by atoms with van der Waals surface area (Å²) in [6.07, 6.45) is 4.87. The molecule has 2 N–H and O–H groups in total. The fourth-order valence-corrected chi connectivity index (χ4v) is 3.99. The summed E-state index contributed by atoms with van der Waals surface area (Å²) in [4.78, 5) is 0. The maximum Gasteiger partial charge on any atom is 0.279 e. The second kappa shape index (κ2) is 8.19. The molecule has 6 heteroatoms. The van der Waals surface area contributed by atoms with Crippen molar-refractivity contribution in [3.63, 3.8) is 0 Å². The van der Waals surface area contributed by atoms with Crippen LogP contribution in [0.15, 0.2) is 0 Å². The Morgan fingerprint density at radius 2 is 1.63 bits per heavy atom. The first-order valence-corrected chi connectivity index (χ1v) is 8.86.